The first-order chi connectivity index (χ1) is 15.0. The number of hydrogen-bond acceptors (Lipinski definition) is 6. The van der Waals surface area contributed by atoms with Crippen LogP contribution in [0.3, 0.4) is 0 Å². The molecule has 0 saturated heterocycles. The summed E-state index contributed by atoms with van der Waals surface area (Å²) in [6.45, 7) is 3.87. The number of carbonyl (C=O) groups excluding carboxylic acids is 2. The van der Waals surface area contributed by atoms with Crippen molar-refractivity contribution >= 4 is 34.1 Å². The highest BCUT2D eigenvalue weighted by atomic mass is 32.1. The molecule has 2 aromatic carbocycles. The van der Waals surface area contributed by atoms with Gasteiger partial charge in [0.15, 0.2) is 0 Å². The summed E-state index contributed by atoms with van der Waals surface area (Å²) in [5.41, 5.74) is 1.49. The second-order valence-electron chi connectivity index (χ2n) is 6.96. The number of aromatic nitrogens is 2. The van der Waals surface area contributed by atoms with Gasteiger partial charge in [-0.2, -0.15) is 0 Å². The van der Waals surface area contributed by atoms with Gasteiger partial charge in [0.1, 0.15) is 16.8 Å². The summed E-state index contributed by atoms with van der Waals surface area (Å²) < 4.78 is 5.16. The minimum atomic E-state index is -0.736. The third-order valence-electron chi connectivity index (χ3n) is 4.79. The van der Waals surface area contributed by atoms with E-state index in [4.69, 9.17) is 4.74 Å². The Kier molecular flexibility index (Phi) is 7.55. The lowest BCUT2D eigenvalue weighted by atomic mass is 9.98. The van der Waals surface area contributed by atoms with Crippen LogP contribution in [-0.4, -0.2) is 35.3 Å². The first-order valence-corrected chi connectivity index (χ1v) is 10.7. The number of amides is 3. The number of nitrogens with zero attached hydrogens (tertiary/aromatic N) is 2. The molecule has 3 amide bonds. The maximum absolute atomic E-state index is 12.9. The molecule has 9 heteroatoms. The van der Waals surface area contributed by atoms with Gasteiger partial charge in [-0.15, -0.1) is 10.2 Å². The Labute approximate surface area is 185 Å². The van der Waals surface area contributed by atoms with E-state index in [0.29, 0.717) is 28.0 Å². The van der Waals surface area contributed by atoms with Gasteiger partial charge >= 0.3 is 6.03 Å². The molecular weight excluding hydrogens is 414 g/mol. The Bertz CT molecular complexity index is 1020. The molecule has 31 heavy (non-hydrogen) atoms. The third-order valence-corrected chi connectivity index (χ3v) is 5.67. The van der Waals surface area contributed by atoms with E-state index < -0.39 is 12.1 Å². The van der Waals surface area contributed by atoms with Gasteiger partial charge in [-0.3, -0.25) is 10.1 Å². The highest BCUT2D eigenvalue weighted by Gasteiger charge is 2.27. The van der Waals surface area contributed by atoms with Crippen molar-refractivity contribution < 1.29 is 14.3 Å². The first-order valence-electron chi connectivity index (χ1n) is 9.91. The summed E-state index contributed by atoms with van der Waals surface area (Å²) in [7, 11) is 1.55. The molecule has 0 fully saturated rings. The molecule has 1 heterocycles. The summed E-state index contributed by atoms with van der Waals surface area (Å²) in [4.78, 5) is 25.4. The van der Waals surface area contributed by atoms with Crippen molar-refractivity contribution in [2.24, 2.45) is 5.92 Å². The van der Waals surface area contributed by atoms with Crippen molar-refractivity contribution in [3.8, 4) is 16.3 Å². The predicted octanol–water partition coefficient (Wildman–Crippen LogP) is 4.39. The fourth-order valence-electron chi connectivity index (χ4n) is 2.87. The van der Waals surface area contributed by atoms with Gasteiger partial charge in [0.05, 0.1) is 7.11 Å². The Morgan fingerprint density at radius 2 is 1.84 bits per heavy atom. The van der Waals surface area contributed by atoms with Gasteiger partial charge < -0.3 is 15.4 Å². The molecule has 0 aliphatic rings. The van der Waals surface area contributed by atoms with Gasteiger partial charge in [-0.05, 0) is 18.1 Å². The molecule has 0 spiro atoms. The zero-order chi connectivity index (χ0) is 22.2. The minimum Gasteiger partial charge on any atom is -0.497 e. The van der Waals surface area contributed by atoms with Crippen LogP contribution >= 0.6 is 11.3 Å². The third kappa shape index (κ3) is 6.02. The number of rotatable bonds is 8. The summed E-state index contributed by atoms with van der Waals surface area (Å²) in [6, 6.07) is 15.4. The van der Waals surface area contributed by atoms with E-state index in [0.717, 1.165) is 5.56 Å². The fourth-order valence-corrected chi connectivity index (χ4v) is 3.62. The Morgan fingerprint density at radius 3 is 2.55 bits per heavy atom. The standard InChI is InChI=1S/C22H25N5O3S/c1-4-14(2)18(24-21(29)23-16-11-8-12-17(13-16)30-3)19(28)25-22-27-26-20(31-22)15-9-6-5-7-10-15/h5-14,18H,4H2,1-3H3,(H2,23,24,29)(H,25,27,28)/t14-,18+/m1/s1. The van der Waals surface area contributed by atoms with Gasteiger partial charge in [0.2, 0.25) is 11.0 Å². The largest absolute Gasteiger partial charge is 0.497 e. The zero-order valence-corrected chi connectivity index (χ0v) is 18.4. The topological polar surface area (TPSA) is 105 Å². The molecule has 2 atom stereocenters. The van der Waals surface area contributed by atoms with Crippen molar-refractivity contribution in [3.63, 3.8) is 0 Å². The molecule has 0 aliphatic heterocycles. The zero-order valence-electron chi connectivity index (χ0n) is 17.6. The monoisotopic (exact) mass is 439 g/mol. The number of hydrogen-bond donors (Lipinski definition) is 3. The number of carbonyl (C=O) groups is 2. The van der Waals surface area contributed by atoms with E-state index in [2.05, 4.69) is 26.1 Å². The van der Waals surface area contributed by atoms with E-state index in [1.807, 2.05) is 44.2 Å². The molecule has 3 rings (SSSR count). The molecular formula is C22H25N5O3S. The summed E-state index contributed by atoms with van der Waals surface area (Å²) in [6.07, 6.45) is 0.711. The number of ether oxygens (including phenoxy) is 1. The van der Waals surface area contributed by atoms with Crippen molar-refractivity contribution in [1.29, 1.82) is 0 Å². The number of nitrogens with one attached hydrogen (secondary N) is 3. The van der Waals surface area contributed by atoms with Crippen LogP contribution in [-0.2, 0) is 4.79 Å². The van der Waals surface area contributed by atoms with Crippen LogP contribution in [0.25, 0.3) is 10.6 Å². The average molecular weight is 440 g/mol. The highest BCUT2D eigenvalue weighted by molar-refractivity contribution is 7.18. The second kappa shape index (κ2) is 10.5. The highest BCUT2D eigenvalue weighted by Crippen LogP contribution is 2.26. The molecule has 162 valence electrons. The van der Waals surface area contributed by atoms with Crippen molar-refractivity contribution in [2.45, 2.75) is 26.3 Å². The maximum atomic E-state index is 12.9. The molecule has 0 unspecified atom stereocenters. The molecule has 3 aromatic rings. The molecule has 0 aliphatic carbocycles. The van der Waals surface area contributed by atoms with E-state index >= 15 is 0 Å². The summed E-state index contributed by atoms with van der Waals surface area (Å²) in [5, 5.41) is 17.6. The van der Waals surface area contributed by atoms with Crippen LogP contribution in [0.5, 0.6) is 5.75 Å². The number of urea groups is 1. The van der Waals surface area contributed by atoms with E-state index in [9.17, 15) is 9.59 Å². The van der Waals surface area contributed by atoms with Crippen molar-refractivity contribution in [1.82, 2.24) is 15.5 Å². The van der Waals surface area contributed by atoms with E-state index in [1.54, 1.807) is 31.4 Å². The van der Waals surface area contributed by atoms with Crippen LogP contribution in [0.15, 0.2) is 54.6 Å². The van der Waals surface area contributed by atoms with Gasteiger partial charge in [0, 0.05) is 17.3 Å². The molecule has 1 aromatic heterocycles. The van der Waals surface area contributed by atoms with Crippen LogP contribution in [0.1, 0.15) is 20.3 Å². The van der Waals surface area contributed by atoms with Crippen LogP contribution in [0, 0.1) is 5.92 Å². The Morgan fingerprint density at radius 1 is 1.06 bits per heavy atom. The lowest BCUT2D eigenvalue weighted by molar-refractivity contribution is -0.119. The first kappa shape index (κ1) is 22.2. The SMILES string of the molecule is CC[C@@H](C)[C@H](NC(=O)Nc1cccc(OC)c1)C(=O)Nc1nnc(-c2ccccc2)s1. The van der Waals surface area contributed by atoms with Gasteiger partial charge in [-0.1, -0.05) is 68.0 Å². The van der Waals surface area contributed by atoms with E-state index in [1.165, 1.54) is 11.3 Å². The summed E-state index contributed by atoms with van der Waals surface area (Å²) >= 11 is 1.28. The number of anilines is 2. The van der Waals surface area contributed by atoms with Crippen molar-refractivity contribution in [3.05, 3.63) is 54.6 Å². The molecule has 3 N–H and O–H groups in total. The quantitative estimate of drug-likeness (QED) is 0.483. The minimum absolute atomic E-state index is 0.0856. The van der Waals surface area contributed by atoms with Crippen LogP contribution in [0.2, 0.25) is 0 Å². The molecule has 0 bridgehead atoms. The van der Waals surface area contributed by atoms with Crippen LogP contribution < -0.4 is 20.7 Å². The number of methoxy groups -OCH3 is 1. The number of benzene rings is 2. The molecule has 0 radical (unpaired) electrons. The van der Waals surface area contributed by atoms with Gasteiger partial charge in [-0.25, -0.2) is 4.79 Å². The lowest BCUT2D eigenvalue weighted by Crippen LogP contribution is -2.49. The van der Waals surface area contributed by atoms with Crippen molar-refractivity contribution in [2.75, 3.05) is 17.7 Å². The van der Waals surface area contributed by atoms with E-state index in [-0.39, 0.29) is 11.8 Å². The maximum Gasteiger partial charge on any atom is 0.319 e. The molecule has 0 saturated carbocycles. The Balaban J connectivity index is 1.66. The van der Waals surface area contributed by atoms with Gasteiger partial charge in [0.25, 0.3) is 0 Å². The fraction of sp³-hybridized carbons (Fsp3) is 0.273. The summed E-state index contributed by atoms with van der Waals surface area (Å²) in [5.74, 6) is 0.197. The smallest absolute Gasteiger partial charge is 0.319 e. The van der Waals surface area contributed by atoms with Crippen LogP contribution in [0.4, 0.5) is 15.6 Å². The Hall–Kier alpha value is -3.46. The molecule has 8 nitrogen and oxygen atoms in total. The normalized spacial score (nSPS) is 12.5. The lowest BCUT2D eigenvalue weighted by Gasteiger charge is -2.23. The average Bonchev–Trinajstić information content (AvgIpc) is 3.26. The second-order valence-corrected chi connectivity index (χ2v) is 7.94. The predicted molar refractivity (Wildman–Crippen MR) is 122 cm³/mol.